The molecular weight excluding hydrogens is 178 g/mol. The summed E-state index contributed by atoms with van der Waals surface area (Å²) >= 11 is 0. The summed E-state index contributed by atoms with van der Waals surface area (Å²) in [6.07, 6.45) is 4.41. The molecule has 1 aliphatic carbocycles. The Morgan fingerprint density at radius 2 is 2.29 bits per heavy atom. The van der Waals surface area contributed by atoms with Gasteiger partial charge in [0.1, 0.15) is 0 Å². The summed E-state index contributed by atoms with van der Waals surface area (Å²) in [6, 6.07) is 0.670. The van der Waals surface area contributed by atoms with Gasteiger partial charge in [0, 0.05) is 19.7 Å². The largest absolute Gasteiger partial charge is 0.390 e. The second-order valence-electron chi connectivity index (χ2n) is 5.09. The van der Waals surface area contributed by atoms with Gasteiger partial charge in [-0.25, -0.2) is 0 Å². The van der Waals surface area contributed by atoms with Crippen molar-refractivity contribution in [1.29, 1.82) is 0 Å². The zero-order valence-corrected chi connectivity index (χ0v) is 9.20. The van der Waals surface area contributed by atoms with E-state index in [1.165, 1.54) is 12.8 Å². The lowest BCUT2D eigenvalue weighted by molar-refractivity contribution is -0.0174. The Balaban J connectivity index is 2.01. The van der Waals surface area contributed by atoms with Gasteiger partial charge in [0.15, 0.2) is 0 Å². The number of methoxy groups -OCH3 is 1. The summed E-state index contributed by atoms with van der Waals surface area (Å²) in [4.78, 5) is 2.38. The number of aliphatic hydroxyl groups is 1. The minimum absolute atomic E-state index is 0.453. The maximum atomic E-state index is 10.1. The molecule has 82 valence electrons. The number of rotatable bonds is 2. The van der Waals surface area contributed by atoms with Gasteiger partial charge in [0.25, 0.3) is 0 Å². The van der Waals surface area contributed by atoms with Crippen LogP contribution in [0.5, 0.6) is 0 Å². The van der Waals surface area contributed by atoms with E-state index in [2.05, 4.69) is 4.90 Å². The SMILES string of the molecule is COCN1CCC(C)(O)CC2CC[C@H]21. The van der Waals surface area contributed by atoms with E-state index in [4.69, 9.17) is 4.74 Å². The van der Waals surface area contributed by atoms with E-state index in [1.807, 2.05) is 6.92 Å². The lowest BCUT2D eigenvalue weighted by Crippen LogP contribution is -2.46. The molecular formula is C11H21NO2. The van der Waals surface area contributed by atoms with Crippen LogP contribution in [0.25, 0.3) is 0 Å². The Kier molecular flexibility index (Phi) is 2.82. The highest BCUT2D eigenvalue weighted by molar-refractivity contribution is 4.95. The zero-order chi connectivity index (χ0) is 10.2. The minimum Gasteiger partial charge on any atom is -0.390 e. The molecule has 0 radical (unpaired) electrons. The molecule has 1 heterocycles. The number of ether oxygens (including phenoxy) is 1. The highest BCUT2D eigenvalue weighted by atomic mass is 16.5. The fourth-order valence-corrected chi connectivity index (χ4v) is 2.81. The molecule has 0 aromatic rings. The van der Waals surface area contributed by atoms with E-state index in [0.29, 0.717) is 12.0 Å². The molecule has 0 amide bonds. The molecule has 3 nitrogen and oxygen atoms in total. The van der Waals surface area contributed by atoms with E-state index >= 15 is 0 Å². The number of nitrogens with zero attached hydrogens (tertiary/aromatic N) is 1. The van der Waals surface area contributed by atoms with Crippen molar-refractivity contribution in [3.63, 3.8) is 0 Å². The van der Waals surface area contributed by atoms with Crippen molar-refractivity contribution in [2.24, 2.45) is 5.92 Å². The van der Waals surface area contributed by atoms with Gasteiger partial charge in [0.2, 0.25) is 0 Å². The molecule has 14 heavy (non-hydrogen) atoms. The van der Waals surface area contributed by atoms with Gasteiger partial charge in [-0.3, -0.25) is 4.90 Å². The summed E-state index contributed by atoms with van der Waals surface area (Å²) in [5.74, 6) is 0.697. The van der Waals surface area contributed by atoms with Gasteiger partial charge < -0.3 is 9.84 Å². The summed E-state index contributed by atoms with van der Waals surface area (Å²) < 4.78 is 5.20. The van der Waals surface area contributed by atoms with Crippen molar-refractivity contribution in [3.05, 3.63) is 0 Å². The first-order valence-electron chi connectivity index (χ1n) is 5.58. The molecule has 1 N–H and O–H groups in total. The molecule has 2 rings (SSSR count). The van der Waals surface area contributed by atoms with Gasteiger partial charge in [-0.15, -0.1) is 0 Å². The molecule has 0 bridgehead atoms. The van der Waals surface area contributed by atoms with Gasteiger partial charge >= 0.3 is 0 Å². The van der Waals surface area contributed by atoms with Crippen LogP contribution in [0.15, 0.2) is 0 Å². The number of hydrogen-bond donors (Lipinski definition) is 1. The average Bonchev–Trinajstić information content (AvgIpc) is 2.15. The fourth-order valence-electron chi connectivity index (χ4n) is 2.81. The van der Waals surface area contributed by atoms with Gasteiger partial charge in [-0.1, -0.05) is 0 Å². The molecule has 1 saturated carbocycles. The van der Waals surface area contributed by atoms with Crippen molar-refractivity contribution >= 4 is 0 Å². The van der Waals surface area contributed by atoms with Crippen LogP contribution in [0.4, 0.5) is 0 Å². The molecule has 2 aliphatic rings. The lowest BCUT2D eigenvalue weighted by Gasteiger charge is -2.42. The predicted molar refractivity (Wildman–Crippen MR) is 55.0 cm³/mol. The van der Waals surface area contributed by atoms with Crippen LogP contribution in [0.3, 0.4) is 0 Å². The molecule has 0 aromatic carbocycles. The highest BCUT2D eigenvalue weighted by Crippen LogP contribution is 2.41. The zero-order valence-electron chi connectivity index (χ0n) is 9.20. The van der Waals surface area contributed by atoms with Crippen molar-refractivity contribution in [3.8, 4) is 0 Å². The third-order valence-electron chi connectivity index (χ3n) is 3.78. The molecule has 3 atom stereocenters. The second-order valence-corrected chi connectivity index (χ2v) is 5.09. The van der Waals surface area contributed by atoms with Crippen LogP contribution < -0.4 is 0 Å². The second kappa shape index (κ2) is 3.80. The Labute approximate surface area is 86.0 Å². The van der Waals surface area contributed by atoms with Crippen LogP contribution in [-0.2, 0) is 4.74 Å². The summed E-state index contributed by atoms with van der Waals surface area (Å²) in [5.41, 5.74) is -0.453. The first-order valence-corrected chi connectivity index (χ1v) is 5.58. The first kappa shape index (κ1) is 10.4. The maximum Gasteiger partial charge on any atom is 0.0988 e. The first-order chi connectivity index (χ1) is 6.62. The molecule has 0 spiro atoms. The molecule has 2 fully saturated rings. The van der Waals surface area contributed by atoms with Gasteiger partial charge in [-0.05, 0) is 38.5 Å². The van der Waals surface area contributed by atoms with E-state index in [-0.39, 0.29) is 0 Å². The summed E-state index contributed by atoms with van der Waals surface area (Å²) in [7, 11) is 1.75. The van der Waals surface area contributed by atoms with E-state index in [0.717, 1.165) is 26.1 Å². The predicted octanol–water partition coefficient (Wildman–Crippen LogP) is 1.22. The Morgan fingerprint density at radius 1 is 1.50 bits per heavy atom. The Bertz CT molecular complexity index is 205. The molecule has 1 saturated heterocycles. The van der Waals surface area contributed by atoms with Crippen molar-refractivity contribution in [2.45, 2.75) is 44.2 Å². The van der Waals surface area contributed by atoms with Crippen LogP contribution in [0, 0.1) is 5.92 Å². The summed E-state index contributed by atoms with van der Waals surface area (Å²) in [5, 5.41) is 10.1. The number of fused-ring (bicyclic) bond motifs is 1. The standard InChI is InChI=1S/C11H21NO2/c1-11(13)5-6-12(8-14-2)10-4-3-9(10)7-11/h9-10,13H,3-8H2,1-2H3/t9?,10-,11?/m1/s1. The molecule has 3 heteroatoms. The Morgan fingerprint density at radius 3 is 2.86 bits per heavy atom. The third-order valence-corrected chi connectivity index (χ3v) is 3.78. The fraction of sp³-hybridized carbons (Fsp3) is 1.00. The smallest absolute Gasteiger partial charge is 0.0988 e. The van der Waals surface area contributed by atoms with Crippen LogP contribution in [-0.4, -0.2) is 42.0 Å². The molecule has 0 aromatic heterocycles. The van der Waals surface area contributed by atoms with Crippen molar-refractivity contribution in [1.82, 2.24) is 4.90 Å². The van der Waals surface area contributed by atoms with Crippen molar-refractivity contribution in [2.75, 3.05) is 20.4 Å². The molecule has 2 unspecified atom stereocenters. The van der Waals surface area contributed by atoms with E-state index in [1.54, 1.807) is 7.11 Å². The molecule has 1 aliphatic heterocycles. The van der Waals surface area contributed by atoms with Gasteiger partial charge in [-0.2, -0.15) is 0 Å². The van der Waals surface area contributed by atoms with Gasteiger partial charge in [0.05, 0.1) is 12.3 Å². The third kappa shape index (κ3) is 1.95. The van der Waals surface area contributed by atoms with Crippen molar-refractivity contribution < 1.29 is 9.84 Å². The van der Waals surface area contributed by atoms with E-state index < -0.39 is 5.60 Å². The minimum atomic E-state index is -0.453. The lowest BCUT2D eigenvalue weighted by atomic mass is 9.74. The van der Waals surface area contributed by atoms with Crippen LogP contribution in [0.2, 0.25) is 0 Å². The average molecular weight is 199 g/mol. The topological polar surface area (TPSA) is 32.7 Å². The van der Waals surface area contributed by atoms with E-state index in [9.17, 15) is 5.11 Å². The van der Waals surface area contributed by atoms with Crippen LogP contribution in [0.1, 0.15) is 32.6 Å². The number of likely N-dealkylation sites (tertiary alicyclic amines) is 1. The monoisotopic (exact) mass is 199 g/mol. The number of hydrogen-bond acceptors (Lipinski definition) is 3. The Hall–Kier alpha value is -0.120. The maximum absolute atomic E-state index is 10.1. The quantitative estimate of drug-likeness (QED) is 0.725. The summed E-state index contributed by atoms with van der Waals surface area (Å²) in [6.45, 7) is 3.66. The normalized spacial score (nSPS) is 43.9. The highest BCUT2D eigenvalue weighted by Gasteiger charge is 2.42. The van der Waals surface area contributed by atoms with Crippen LogP contribution >= 0.6 is 0 Å².